The monoisotopic (exact) mass is 400 g/mol. The number of anilines is 1. The number of thioether (sulfide) groups is 1. The molecule has 0 saturated carbocycles. The number of methoxy groups -OCH3 is 1. The molecule has 0 aliphatic carbocycles. The first kappa shape index (κ1) is 20.4. The van der Waals surface area contributed by atoms with E-state index >= 15 is 0 Å². The fraction of sp³-hybridized carbons (Fsp3) is 0.333. The molecule has 5 nitrogen and oxygen atoms in total. The summed E-state index contributed by atoms with van der Waals surface area (Å²) in [5, 5.41) is 4.24. The lowest BCUT2D eigenvalue weighted by atomic mass is 10.1. The second-order valence-corrected chi connectivity index (χ2v) is 7.45. The van der Waals surface area contributed by atoms with E-state index in [1.54, 1.807) is 37.2 Å². The SMILES string of the molecule is COCCn1c(SC)nc(-c2ccc(F)cc2)c1-c1ccnc(NC(C)C)c1. The number of hydrogen-bond donors (Lipinski definition) is 1. The molecule has 148 valence electrons. The number of nitrogens with zero attached hydrogens (tertiary/aromatic N) is 3. The van der Waals surface area contributed by atoms with Gasteiger partial charge in [0.1, 0.15) is 11.6 Å². The number of nitrogens with one attached hydrogen (secondary N) is 1. The molecule has 28 heavy (non-hydrogen) atoms. The van der Waals surface area contributed by atoms with E-state index in [0.29, 0.717) is 13.2 Å². The first-order valence-corrected chi connectivity index (χ1v) is 10.4. The molecule has 1 aromatic carbocycles. The maximum atomic E-state index is 13.5. The molecule has 0 fully saturated rings. The van der Waals surface area contributed by atoms with Crippen molar-refractivity contribution in [2.75, 3.05) is 25.3 Å². The van der Waals surface area contributed by atoms with Crippen LogP contribution in [-0.4, -0.2) is 40.5 Å². The molecule has 1 N–H and O–H groups in total. The van der Waals surface area contributed by atoms with Crippen molar-refractivity contribution in [1.82, 2.24) is 14.5 Å². The molecule has 0 amide bonds. The van der Waals surface area contributed by atoms with E-state index in [0.717, 1.165) is 33.5 Å². The third-order valence-corrected chi connectivity index (χ3v) is 4.90. The van der Waals surface area contributed by atoms with Crippen LogP contribution in [-0.2, 0) is 11.3 Å². The Labute approximate surface area is 169 Å². The summed E-state index contributed by atoms with van der Waals surface area (Å²) in [6.45, 7) is 5.40. The smallest absolute Gasteiger partial charge is 0.168 e. The predicted octanol–water partition coefficient (Wildman–Crippen LogP) is 4.94. The first-order valence-electron chi connectivity index (χ1n) is 9.15. The van der Waals surface area contributed by atoms with Gasteiger partial charge in [-0.3, -0.25) is 0 Å². The third kappa shape index (κ3) is 4.54. The highest BCUT2D eigenvalue weighted by molar-refractivity contribution is 7.98. The summed E-state index contributed by atoms with van der Waals surface area (Å²) in [6, 6.07) is 10.7. The summed E-state index contributed by atoms with van der Waals surface area (Å²) < 4.78 is 20.9. The van der Waals surface area contributed by atoms with Gasteiger partial charge in [0, 0.05) is 37.0 Å². The van der Waals surface area contributed by atoms with Gasteiger partial charge < -0.3 is 14.6 Å². The Bertz CT molecular complexity index is 925. The van der Waals surface area contributed by atoms with Crippen molar-refractivity contribution in [3.63, 3.8) is 0 Å². The van der Waals surface area contributed by atoms with Gasteiger partial charge in [0.25, 0.3) is 0 Å². The van der Waals surface area contributed by atoms with Gasteiger partial charge in [-0.1, -0.05) is 11.8 Å². The molecule has 0 saturated heterocycles. The van der Waals surface area contributed by atoms with E-state index in [9.17, 15) is 4.39 Å². The summed E-state index contributed by atoms with van der Waals surface area (Å²) in [5.41, 5.74) is 3.67. The van der Waals surface area contributed by atoms with E-state index in [1.807, 2.05) is 18.4 Å². The Kier molecular flexibility index (Phi) is 6.70. The van der Waals surface area contributed by atoms with Crippen LogP contribution >= 0.6 is 11.8 Å². The molecule has 0 aliphatic heterocycles. The fourth-order valence-electron chi connectivity index (χ4n) is 3.03. The summed E-state index contributed by atoms with van der Waals surface area (Å²) >= 11 is 1.58. The van der Waals surface area contributed by atoms with Gasteiger partial charge in [-0.25, -0.2) is 14.4 Å². The topological polar surface area (TPSA) is 52.0 Å². The molecule has 2 aromatic heterocycles. The molecule has 2 heterocycles. The van der Waals surface area contributed by atoms with Crippen LogP contribution < -0.4 is 5.32 Å². The third-order valence-electron chi connectivity index (χ3n) is 4.22. The van der Waals surface area contributed by atoms with Crippen LogP contribution in [0.3, 0.4) is 0 Å². The van der Waals surface area contributed by atoms with Crippen LogP contribution in [0.25, 0.3) is 22.5 Å². The van der Waals surface area contributed by atoms with E-state index in [4.69, 9.17) is 9.72 Å². The molecule has 7 heteroatoms. The van der Waals surface area contributed by atoms with Gasteiger partial charge in [-0.15, -0.1) is 0 Å². The Morgan fingerprint density at radius 1 is 1.18 bits per heavy atom. The summed E-state index contributed by atoms with van der Waals surface area (Å²) in [4.78, 5) is 9.27. The van der Waals surface area contributed by atoms with E-state index < -0.39 is 0 Å². The lowest BCUT2D eigenvalue weighted by Gasteiger charge is -2.14. The zero-order chi connectivity index (χ0) is 20.1. The summed E-state index contributed by atoms with van der Waals surface area (Å²) in [6.07, 6.45) is 3.79. The highest BCUT2D eigenvalue weighted by Crippen LogP contribution is 2.36. The normalized spacial score (nSPS) is 11.2. The van der Waals surface area contributed by atoms with Crippen molar-refractivity contribution in [2.24, 2.45) is 0 Å². The van der Waals surface area contributed by atoms with Gasteiger partial charge in [0.15, 0.2) is 5.16 Å². The zero-order valence-corrected chi connectivity index (χ0v) is 17.4. The Hall–Kier alpha value is -2.38. The molecule has 0 radical (unpaired) electrons. The van der Waals surface area contributed by atoms with Crippen molar-refractivity contribution in [3.05, 3.63) is 48.4 Å². The molecule has 3 rings (SSSR count). The molecule has 0 spiro atoms. The molecular weight excluding hydrogens is 375 g/mol. The zero-order valence-electron chi connectivity index (χ0n) is 16.6. The Balaban J connectivity index is 2.18. The van der Waals surface area contributed by atoms with Crippen LogP contribution in [0.15, 0.2) is 47.8 Å². The van der Waals surface area contributed by atoms with Gasteiger partial charge >= 0.3 is 0 Å². The standard InChI is InChI=1S/C21H25FN4OS/c1-14(2)24-18-13-16(9-10-23-18)20-19(15-5-7-17(22)8-6-15)25-21(28-4)26(20)11-12-27-3/h5-10,13-14H,11-12H2,1-4H3,(H,23,24). The molecule has 0 atom stereocenters. The largest absolute Gasteiger partial charge is 0.383 e. The summed E-state index contributed by atoms with van der Waals surface area (Å²) in [5.74, 6) is 0.546. The molecule has 3 aromatic rings. The van der Waals surface area contributed by atoms with Gasteiger partial charge in [-0.2, -0.15) is 0 Å². The number of halogens is 1. The van der Waals surface area contributed by atoms with E-state index in [-0.39, 0.29) is 11.9 Å². The predicted molar refractivity (Wildman–Crippen MR) is 113 cm³/mol. The van der Waals surface area contributed by atoms with Crippen molar-refractivity contribution in [2.45, 2.75) is 31.6 Å². The maximum Gasteiger partial charge on any atom is 0.168 e. The number of aromatic nitrogens is 3. The number of hydrogen-bond acceptors (Lipinski definition) is 5. The van der Waals surface area contributed by atoms with Gasteiger partial charge in [-0.05, 0) is 56.5 Å². The van der Waals surface area contributed by atoms with Crippen LogP contribution in [0.4, 0.5) is 10.2 Å². The number of ether oxygens (including phenoxy) is 1. The second-order valence-electron chi connectivity index (χ2n) is 6.68. The van der Waals surface area contributed by atoms with Crippen molar-refractivity contribution in [1.29, 1.82) is 0 Å². The Morgan fingerprint density at radius 3 is 2.57 bits per heavy atom. The van der Waals surface area contributed by atoms with Crippen molar-refractivity contribution >= 4 is 17.6 Å². The maximum absolute atomic E-state index is 13.5. The van der Waals surface area contributed by atoms with Crippen LogP contribution in [0, 0.1) is 5.82 Å². The number of imidazole rings is 1. The van der Waals surface area contributed by atoms with Crippen LogP contribution in [0.1, 0.15) is 13.8 Å². The van der Waals surface area contributed by atoms with Crippen molar-refractivity contribution in [3.8, 4) is 22.5 Å². The van der Waals surface area contributed by atoms with E-state index in [2.05, 4.69) is 28.7 Å². The quantitative estimate of drug-likeness (QED) is 0.543. The minimum atomic E-state index is -0.262. The van der Waals surface area contributed by atoms with E-state index in [1.165, 1.54) is 12.1 Å². The second kappa shape index (κ2) is 9.21. The highest BCUT2D eigenvalue weighted by Gasteiger charge is 2.20. The average molecular weight is 401 g/mol. The lowest BCUT2D eigenvalue weighted by Crippen LogP contribution is -2.11. The number of pyridine rings is 1. The number of benzene rings is 1. The average Bonchev–Trinajstić information content (AvgIpc) is 3.05. The first-order chi connectivity index (χ1) is 13.5. The van der Waals surface area contributed by atoms with Crippen molar-refractivity contribution < 1.29 is 9.13 Å². The Morgan fingerprint density at radius 2 is 1.93 bits per heavy atom. The lowest BCUT2D eigenvalue weighted by molar-refractivity contribution is 0.185. The minimum absolute atomic E-state index is 0.262. The molecule has 0 aliphatic rings. The fourth-order valence-corrected chi connectivity index (χ4v) is 3.62. The highest BCUT2D eigenvalue weighted by atomic mass is 32.2. The van der Waals surface area contributed by atoms with Crippen LogP contribution in [0.5, 0.6) is 0 Å². The molecule has 0 unspecified atom stereocenters. The van der Waals surface area contributed by atoms with Gasteiger partial charge in [0.05, 0.1) is 18.0 Å². The van der Waals surface area contributed by atoms with Crippen LogP contribution in [0.2, 0.25) is 0 Å². The minimum Gasteiger partial charge on any atom is -0.383 e. The molecular formula is C21H25FN4OS. The molecule has 0 bridgehead atoms. The number of rotatable bonds is 8. The van der Waals surface area contributed by atoms with Gasteiger partial charge in [0.2, 0.25) is 0 Å². The summed E-state index contributed by atoms with van der Waals surface area (Å²) in [7, 11) is 1.69.